The summed E-state index contributed by atoms with van der Waals surface area (Å²) in [6.45, 7) is 0. The van der Waals surface area contributed by atoms with Crippen molar-refractivity contribution < 1.29 is 16.1 Å². The molecule has 0 bridgehead atoms. The maximum atomic E-state index is 10.4. The van der Waals surface area contributed by atoms with Crippen molar-refractivity contribution in [2.45, 2.75) is 0 Å². The summed E-state index contributed by atoms with van der Waals surface area (Å²) in [5.41, 5.74) is 0. The molecule has 0 atom stereocenters. The predicted molar refractivity (Wildman–Crippen MR) is 24.2 cm³/mol. The van der Waals surface area contributed by atoms with E-state index >= 15 is 0 Å². The molecule has 0 saturated heterocycles. The molecule has 0 rings (SSSR count). The third-order valence-corrected chi connectivity index (χ3v) is 0.257. The van der Waals surface area contributed by atoms with E-state index in [1.165, 1.54) is 0 Å². The van der Waals surface area contributed by atoms with E-state index in [-0.39, 0.29) is 37.7 Å². The molecule has 0 amide bonds. The van der Waals surface area contributed by atoms with Gasteiger partial charge in [-0.15, -0.1) is 11.7 Å². The van der Waals surface area contributed by atoms with Crippen molar-refractivity contribution in [2.75, 3.05) is 0 Å². The number of halogens is 4. The first-order chi connectivity index (χ1) is 2.56. The van der Waals surface area contributed by atoms with Crippen LogP contribution in [0.5, 0.6) is 0 Å². The second kappa shape index (κ2) is 4.05. The van der Waals surface area contributed by atoms with Gasteiger partial charge >= 0.3 is 37.7 Å². The van der Waals surface area contributed by atoms with Crippen molar-refractivity contribution in [3.63, 3.8) is 0 Å². The molecule has 7 heavy (non-hydrogen) atoms. The van der Waals surface area contributed by atoms with Gasteiger partial charge in [0, 0.05) is 0 Å². The summed E-state index contributed by atoms with van der Waals surface area (Å²) in [6, 6.07) is 0. The van der Waals surface area contributed by atoms with Crippen LogP contribution < -0.4 is 0 Å². The Kier molecular flexibility index (Phi) is 6.37. The molecule has 0 unspecified atom stereocenters. The van der Waals surface area contributed by atoms with Gasteiger partial charge in [0.1, 0.15) is 0 Å². The average Bonchev–Trinajstić information content (AvgIpc) is 1.35. The van der Waals surface area contributed by atoms with Crippen molar-refractivity contribution in [1.29, 1.82) is 0 Å². The molecule has 0 N–H and O–H groups in total. The number of thiol groups is 1. The van der Waals surface area contributed by atoms with Crippen LogP contribution in [0.4, 0.5) is 16.1 Å². The Morgan fingerprint density at radius 1 is 1.14 bits per heavy atom. The first kappa shape index (κ1) is 11.0. The Balaban J connectivity index is 0. The second-order valence-electron chi connectivity index (χ2n) is 0.494. The van der Waals surface area contributed by atoms with Crippen LogP contribution in [0.1, 0.15) is 0 Å². The molecule has 0 aromatic carbocycles. The van der Waals surface area contributed by atoms with E-state index in [0.717, 1.165) is 0 Å². The van der Waals surface area contributed by atoms with Gasteiger partial charge in [-0.2, -0.15) is 0 Å². The zero-order valence-corrected chi connectivity index (χ0v) is 3.30. The second-order valence-corrected chi connectivity index (χ2v) is 1.48. The van der Waals surface area contributed by atoms with Crippen molar-refractivity contribution >= 4 is 48.7 Å². The Hall–Kier alpha value is 1.13. The third kappa shape index (κ3) is 11.0. The van der Waals surface area contributed by atoms with Gasteiger partial charge in [-0.1, -0.05) is 4.48 Å². The summed E-state index contributed by atoms with van der Waals surface area (Å²) in [5.74, 6) is 0. The Morgan fingerprint density at radius 2 is 1.29 bits per heavy atom. The third-order valence-electron chi connectivity index (χ3n) is 0.0857. The van der Waals surface area contributed by atoms with Crippen LogP contribution in [0.15, 0.2) is 4.58 Å². The Morgan fingerprint density at radius 3 is 1.29 bits per heavy atom. The molecule has 7 heteroatoms. The minimum atomic E-state index is -5.94. The Bertz CT molecular complexity index is 75.4. The SMILES string of the molecule is FN=[SH](F)(F)F.[CaH2]. The fraction of sp³-hybridized carbons (Fsp3) is 0. The molecule has 1 nitrogen and oxygen atoms in total. The molecule has 0 fully saturated rings. The summed E-state index contributed by atoms with van der Waals surface area (Å²) in [6.07, 6.45) is 0. The summed E-state index contributed by atoms with van der Waals surface area (Å²) in [7, 11) is -5.94. The molecule has 0 radical (unpaired) electrons. The molecule has 0 aromatic heterocycles. The van der Waals surface area contributed by atoms with E-state index in [4.69, 9.17) is 0 Å². The molecule has 0 aliphatic rings. The van der Waals surface area contributed by atoms with Crippen LogP contribution in [-0.2, 0) is 11.0 Å². The molecule has 0 aromatic rings. The monoisotopic (exact) mass is 165 g/mol. The van der Waals surface area contributed by atoms with Gasteiger partial charge in [-0.05, 0) is 4.58 Å². The van der Waals surface area contributed by atoms with Crippen LogP contribution in [-0.4, -0.2) is 37.7 Å². The Labute approximate surface area is 69.0 Å². The van der Waals surface area contributed by atoms with E-state index < -0.39 is 11.0 Å². The van der Waals surface area contributed by atoms with Crippen LogP contribution in [0, 0.1) is 0 Å². The number of nitrogens with zero attached hydrogens (tertiary/aromatic N) is 1. The van der Waals surface area contributed by atoms with Gasteiger partial charge in [-0.25, -0.2) is 0 Å². The van der Waals surface area contributed by atoms with E-state index in [9.17, 15) is 16.1 Å². The summed E-state index contributed by atoms with van der Waals surface area (Å²) in [5, 5.41) is 0. The molecule has 0 spiro atoms. The van der Waals surface area contributed by atoms with Crippen molar-refractivity contribution in [3.05, 3.63) is 0 Å². The molecular weight excluding hydrogens is 162 g/mol. The first-order valence-corrected chi connectivity index (χ1v) is 2.29. The molecule has 0 aliphatic heterocycles. The van der Waals surface area contributed by atoms with E-state index in [0.29, 0.717) is 4.58 Å². The molecule has 0 saturated carbocycles. The van der Waals surface area contributed by atoms with Crippen molar-refractivity contribution in [1.82, 2.24) is 0 Å². The molecular formula is H3CaF4NS. The van der Waals surface area contributed by atoms with Gasteiger partial charge in [0.05, 0.1) is 0 Å². The number of hydrogen-bond donors (Lipinski definition) is 1. The molecule has 0 heterocycles. The summed E-state index contributed by atoms with van der Waals surface area (Å²) >= 11 is 0. The van der Waals surface area contributed by atoms with Crippen LogP contribution in [0.25, 0.3) is 0 Å². The van der Waals surface area contributed by atoms with Crippen LogP contribution >= 0.6 is 0 Å². The van der Waals surface area contributed by atoms with Crippen molar-refractivity contribution in [3.8, 4) is 0 Å². The standard InChI is InChI=1S/Ca.F4HNS.2H/c;1-5-6(2,3)4;;/h;6H;;. The van der Waals surface area contributed by atoms with Gasteiger partial charge < -0.3 is 0 Å². The van der Waals surface area contributed by atoms with Crippen LogP contribution in [0.3, 0.4) is 0 Å². The number of rotatable bonds is 0. The fourth-order valence-corrected chi connectivity index (χ4v) is 0. The van der Waals surface area contributed by atoms with Gasteiger partial charge in [0.2, 0.25) is 11.0 Å². The molecule has 0 aliphatic carbocycles. The zero-order valence-electron chi connectivity index (χ0n) is 2.41. The summed E-state index contributed by atoms with van der Waals surface area (Å²) in [4.78, 5) is 0. The number of hydrogen-bond acceptors (Lipinski definition) is 1. The predicted octanol–water partition coefficient (Wildman–Crippen LogP) is 0.678. The fourth-order valence-electron chi connectivity index (χ4n) is 0. The van der Waals surface area contributed by atoms with Crippen LogP contribution in [0.2, 0.25) is 0 Å². The van der Waals surface area contributed by atoms with Crippen molar-refractivity contribution in [2.24, 2.45) is 4.58 Å². The van der Waals surface area contributed by atoms with Gasteiger partial charge in [-0.3, -0.25) is 0 Å². The van der Waals surface area contributed by atoms with E-state index in [2.05, 4.69) is 0 Å². The normalized spacial score (nSPS) is 12.0. The topological polar surface area (TPSA) is 12.4 Å². The molecule has 44 valence electrons. The maximum absolute atomic E-state index is 10.4. The minimum absolute atomic E-state index is 0. The van der Waals surface area contributed by atoms with E-state index in [1.807, 2.05) is 0 Å². The van der Waals surface area contributed by atoms with Gasteiger partial charge in [0.15, 0.2) is 0 Å². The first-order valence-electron chi connectivity index (χ1n) is 0.876. The van der Waals surface area contributed by atoms with E-state index in [1.54, 1.807) is 0 Å². The summed E-state index contributed by atoms with van der Waals surface area (Å²) < 4.78 is 41.7. The zero-order chi connectivity index (χ0) is 5.21. The quantitative estimate of drug-likeness (QED) is 0.308. The average molecular weight is 165 g/mol. The van der Waals surface area contributed by atoms with Gasteiger partial charge in [0.25, 0.3) is 0 Å².